The van der Waals surface area contributed by atoms with E-state index in [1.54, 1.807) is 9.03 Å². The van der Waals surface area contributed by atoms with Gasteiger partial charge in [-0.1, -0.05) is 0 Å². The van der Waals surface area contributed by atoms with E-state index in [9.17, 15) is 42.7 Å². The van der Waals surface area contributed by atoms with Gasteiger partial charge in [-0.2, -0.15) is 17.6 Å². The fourth-order valence-corrected chi connectivity index (χ4v) is 8.95. The fraction of sp³-hybridized carbons (Fsp3) is 1.00. The van der Waals surface area contributed by atoms with Crippen LogP contribution in [0.15, 0.2) is 18.1 Å². The summed E-state index contributed by atoms with van der Waals surface area (Å²) in [4.78, 5) is 0. The van der Waals surface area contributed by atoms with Gasteiger partial charge in [0.2, 0.25) is 0 Å². The summed E-state index contributed by atoms with van der Waals surface area (Å²) in [6, 6.07) is 0. The van der Waals surface area contributed by atoms with Crippen molar-refractivity contribution in [2.75, 3.05) is 13.2 Å². The first-order valence-corrected chi connectivity index (χ1v) is 11.2. The lowest BCUT2D eigenvalue weighted by Gasteiger charge is -2.21. The molecular formula is C4H4F10N4O2P4. The van der Waals surface area contributed by atoms with E-state index in [1.165, 1.54) is 0 Å². The molecule has 1 saturated heterocycles. The highest BCUT2D eigenvalue weighted by atomic mass is 31.3. The first-order valence-electron chi connectivity index (χ1n) is 5.27. The summed E-state index contributed by atoms with van der Waals surface area (Å²) in [5.41, 5.74) is 0. The van der Waals surface area contributed by atoms with E-state index in [2.05, 4.69) is 18.1 Å². The van der Waals surface area contributed by atoms with Crippen LogP contribution in [0.4, 0.5) is 42.7 Å². The zero-order valence-electron chi connectivity index (χ0n) is 10.6. The second-order valence-corrected chi connectivity index (χ2v) is 11.3. The van der Waals surface area contributed by atoms with Gasteiger partial charge in [0.1, 0.15) is 13.2 Å². The van der Waals surface area contributed by atoms with Crippen molar-refractivity contribution in [1.29, 1.82) is 0 Å². The van der Waals surface area contributed by atoms with Crippen LogP contribution in [0, 0.1) is 0 Å². The molecule has 2 aliphatic heterocycles. The Hall–Kier alpha value is 0.140. The maximum Gasteiger partial charge on any atom is 0.425 e. The van der Waals surface area contributed by atoms with Crippen LogP contribution in [0.2, 0.25) is 0 Å². The van der Waals surface area contributed by atoms with Crippen LogP contribution in [0.25, 0.3) is 0 Å². The molecule has 1 fully saturated rings. The molecule has 0 unspecified atom stereocenters. The van der Waals surface area contributed by atoms with Crippen molar-refractivity contribution in [2.45, 2.75) is 11.8 Å². The molecule has 2 aliphatic rings. The third-order valence-electron chi connectivity index (χ3n) is 2.23. The molecule has 0 amide bonds. The average molecular weight is 454 g/mol. The van der Waals surface area contributed by atoms with Crippen molar-refractivity contribution in [1.82, 2.24) is 0 Å². The lowest BCUT2D eigenvalue weighted by atomic mass is 10.2. The van der Waals surface area contributed by atoms with Gasteiger partial charge in [0, 0.05) is 0 Å². The van der Waals surface area contributed by atoms with Crippen LogP contribution in [-0.4, -0.2) is 25.1 Å². The molecule has 142 valence electrons. The molecule has 1 spiro atoms. The summed E-state index contributed by atoms with van der Waals surface area (Å²) in [5, 5.41) is 0. The molecule has 0 atom stereocenters. The number of nitrogens with zero attached hydrogens (tertiary/aromatic N) is 4. The van der Waals surface area contributed by atoms with Crippen molar-refractivity contribution < 1.29 is 51.8 Å². The zero-order chi connectivity index (χ0) is 18.7. The van der Waals surface area contributed by atoms with Crippen molar-refractivity contribution in [3.8, 4) is 0 Å². The molecular weight excluding hydrogens is 450 g/mol. The standard InChI is InChI=1S/C4H4F10N4O2P4/c5-3(6)1-19-24(20-2-4(3,7)8)17-22(11,12)15-21(9,10)16-23(13,14)18-24/h1-2H2. The summed E-state index contributed by atoms with van der Waals surface area (Å²) >= 11 is 0. The van der Waals surface area contributed by atoms with Crippen molar-refractivity contribution in [2.24, 2.45) is 18.1 Å². The maximum atomic E-state index is 13.4. The topological polar surface area (TPSA) is 67.9 Å². The maximum absolute atomic E-state index is 13.4. The fourth-order valence-electron chi connectivity index (χ4n) is 1.28. The van der Waals surface area contributed by atoms with Gasteiger partial charge in [-0.3, -0.25) is 9.05 Å². The van der Waals surface area contributed by atoms with E-state index in [-0.39, 0.29) is 0 Å². The highest BCUT2D eigenvalue weighted by Gasteiger charge is 2.61. The monoisotopic (exact) mass is 454 g/mol. The van der Waals surface area contributed by atoms with Crippen LogP contribution in [0.3, 0.4) is 0 Å². The average Bonchev–Trinajstić information content (AvgIpc) is 2.35. The van der Waals surface area contributed by atoms with Gasteiger partial charge in [-0.15, -0.1) is 43.2 Å². The number of rotatable bonds is 0. The number of hydrogen-bond donors (Lipinski definition) is 0. The second-order valence-electron chi connectivity index (χ2n) is 4.17. The molecule has 0 saturated carbocycles. The van der Waals surface area contributed by atoms with E-state index in [0.29, 0.717) is 0 Å². The predicted molar refractivity (Wildman–Crippen MR) is 65.8 cm³/mol. The van der Waals surface area contributed by atoms with Crippen LogP contribution in [0.1, 0.15) is 0 Å². The molecule has 2 rings (SSSR count). The SMILES string of the molecule is FC1(F)COP2(=NP(F)(F)=NP(F)(F)=NP(F)(F)=N2)OCC1(F)F. The number of hydrogen-bond acceptors (Lipinski definition) is 6. The first-order chi connectivity index (χ1) is 10.5. The van der Waals surface area contributed by atoms with Gasteiger partial charge in [-0.05, 0) is 0 Å². The van der Waals surface area contributed by atoms with Crippen LogP contribution < -0.4 is 0 Å². The number of alkyl halides is 4. The van der Waals surface area contributed by atoms with Crippen molar-refractivity contribution in [3.05, 3.63) is 0 Å². The Morgan fingerprint density at radius 1 is 0.583 bits per heavy atom. The molecule has 0 N–H and O–H groups in total. The molecule has 0 radical (unpaired) electrons. The van der Waals surface area contributed by atoms with E-state index < -0.39 is 56.2 Å². The second kappa shape index (κ2) is 5.82. The molecule has 6 nitrogen and oxygen atoms in total. The van der Waals surface area contributed by atoms with E-state index in [4.69, 9.17) is 0 Å². The lowest BCUT2D eigenvalue weighted by molar-refractivity contribution is -0.222. The predicted octanol–water partition coefficient (Wildman–Crippen LogP) is 7.92. The summed E-state index contributed by atoms with van der Waals surface area (Å²) < 4.78 is 147. The highest BCUT2D eigenvalue weighted by Crippen LogP contribution is 2.82. The zero-order valence-corrected chi connectivity index (χ0v) is 14.2. The highest BCUT2D eigenvalue weighted by molar-refractivity contribution is 7.78. The molecule has 24 heavy (non-hydrogen) atoms. The number of halogens is 10. The van der Waals surface area contributed by atoms with Gasteiger partial charge in [0.25, 0.3) is 0 Å². The Balaban J connectivity index is 2.69. The lowest BCUT2D eigenvalue weighted by Crippen LogP contribution is -2.45. The minimum atomic E-state index is -6.51. The smallest absolute Gasteiger partial charge is 0.300 e. The Morgan fingerprint density at radius 3 is 1.33 bits per heavy atom. The van der Waals surface area contributed by atoms with Gasteiger partial charge >= 0.3 is 43.0 Å². The molecule has 0 aliphatic carbocycles. The summed E-state index contributed by atoms with van der Waals surface area (Å²) in [6.45, 7) is -4.68. The van der Waals surface area contributed by atoms with Crippen molar-refractivity contribution >= 4 is 31.1 Å². The molecule has 20 heteroatoms. The molecule has 0 aromatic heterocycles. The first kappa shape index (κ1) is 20.5. The van der Waals surface area contributed by atoms with Gasteiger partial charge in [-0.25, -0.2) is 0 Å². The summed E-state index contributed by atoms with van der Waals surface area (Å²) in [6.07, 6.45) is 0. The Labute approximate surface area is 127 Å². The Bertz CT molecular complexity index is 737. The van der Waals surface area contributed by atoms with E-state index in [1.807, 2.05) is 0 Å². The van der Waals surface area contributed by atoms with Crippen LogP contribution in [0.5, 0.6) is 0 Å². The quantitative estimate of drug-likeness (QED) is 0.276. The molecule has 2 heterocycles. The van der Waals surface area contributed by atoms with Crippen LogP contribution in [-0.2, 0) is 9.05 Å². The summed E-state index contributed by atoms with van der Waals surface area (Å²) in [7, 11) is -24.9. The Kier molecular flexibility index (Phi) is 4.96. The minimum absolute atomic E-state index is 1.55. The molecule has 0 aromatic carbocycles. The van der Waals surface area contributed by atoms with Gasteiger partial charge < -0.3 is 0 Å². The van der Waals surface area contributed by atoms with E-state index >= 15 is 0 Å². The largest absolute Gasteiger partial charge is 0.425 e. The summed E-state index contributed by atoms with van der Waals surface area (Å²) in [5.74, 6) is -9.95. The Morgan fingerprint density at radius 2 is 0.917 bits per heavy atom. The van der Waals surface area contributed by atoms with Crippen molar-refractivity contribution in [3.63, 3.8) is 0 Å². The minimum Gasteiger partial charge on any atom is -0.300 e. The molecule has 0 aromatic rings. The normalized spacial score (nSPS) is 31.9. The third-order valence-corrected chi connectivity index (χ3v) is 10.1. The molecule has 0 bridgehead atoms. The van der Waals surface area contributed by atoms with E-state index in [0.717, 1.165) is 0 Å². The van der Waals surface area contributed by atoms with Gasteiger partial charge in [0.05, 0.1) is 0 Å². The van der Waals surface area contributed by atoms with Gasteiger partial charge in [0.15, 0.2) is 0 Å². The third kappa shape index (κ3) is 4.45. The van der Waals surface area contributed by atoms with Crippen LogP contribution >= 0.6 is 31.1 Å².